The number of aromatic hydroxyl groups is 1. The molecule has 2 aromatic carbocycles. The van der Waals surface area contributed by atoms with Crippen LogP contribution >= 0.6 is 11.3 Å². The van der Waals surface area contributed by atoms with Crippen LogP contribution in [0.4, 0.5) is 0 Å². The summed E-state index contributed by atoms with van der Waals surface area (Å²) in [6.07, 6.45) is 0. The van der Waals surface area contributed by atoms with Gasteiger partial charge in [-0.15, -0.1) is 11.3 Å². The van der Waals surface area contributed by atoms with Crippen molar-refractivity contribution in [2.24, 2.45) is 0 Å². The van der Waals surface area contributed by atoms with E-state index in [1.54, 1.807) is 19.1 Å². The smallest absolute Gasteiger partial charge is 0.290 e. The Hall–Kier alpha value is -3.49. The summed E-state index contributed by atoms with van der Waals surface area (Å²) in [5, 5.41) is 21.4. The van der Waals surface area contributed by atoms with Crippen LogP contribution < -0.4 is 0 Å². The van der Waals surface area contributed by atoms with Crippen molar-refractivity contribution in [3.05, 3.63) is 82.1 Å². The zero-order valence-corrected chi connectivity index (χ0v) is 18.4. The molecule has 1 unspecified atom stereocenters. The molecular weight excluding hydrogens is 428 g/mol. The lowest BCUT2D eigenvalue weighted by Gasteiger charge is -2.26. The molecule has 0 spiro atoms. The predicted octanol–water partition coefficient (Wildman–Crippen LogP) is 4.05. The Labute approximate surface area is 189 Å². The van der Waals surface area contributed by atoms with Gasteiger partial charge in [0, 0.05) is 19.2 Å². The molecule has 1 amide bonds. The highest BCUT2D eigenvalue weighted by Gasteiger charge is 2.44. The molecule has 32 heavy (non-hydrogen) atoms. The topological polar surface area (TPSA) is 100.0 Å². The number of thiazole rings is 1. The van der Waals surface area contributed by atoms with Gasteiger partial charge in [0.15, 0.2) is 5.76 Å². The molecule has 7 nitrogen and oxygen atoms in total. The van der Waals surface area contributed by atoms with E-state index in [1.165, 1.54) is 35.5 Å². The molecule has 0 saturated carbocycles. The molecule has 0 aliphatic carbocycles. The average molecular weight is 451 g/mol. The third-order valence-corrected chi connectivity index (χ3v) is 6.50. The normalized spacial score (nSPS) is 16.1. The quantitative estimate of drug-likeness (QED) is 0.527. The maximum absolute atomic E-state index is 13.6. The van der Waals surface area contributed by atoms with E-state index in [2.05, 4.69) is 4.98 Å². The molecule has 0 saturated heterocycles. The van der Waals surface area contributed by atoms with Crippen molar-refractivity contribution in [3.8, 4) is 16.3 Å². The molecule has 0 bridgehead atoms. The molecule has 2 N–H and O–H groups in total. The number of amides is 1. The first kappa shape index (κ1) is 21.7. The number of benzene rings is 2. The van der Waals surface area contributed by atoms with Crippen molar-refractivity contribution in [3.63, 3.8) is 0 Å². The third-order valence-electron chi connectivity index (χ3n) is 5.29. The van der Waals surface area contributed by atoms with Gasteiger partial charge < -0.3 is 19.8 Å². The number of phenols is 1. The van der Waals surface area contributed by atoms with E-state index < -0.39 is 23.5 Å². The van der Waals surface area contributed by atoms with Crippen LogP contribution in [0.3, 0.4) is 0 Å². The van der Waals surface area contributed by atoms with E-state index in [4.69, 9.17) is 4.74 Å². The first-order valence-corrected chi connectivity index (χ1v) is 10.8. The Morgan fingerprint density at radius 1 is 1.16 bits per heavy atom. The zero-order valence-electron chi connectivity index (χ0n) is 17.6. The van der Waals surface area contributed by atoms with Gasteiger partial charge in [-0.2, -0.15) is 0 Å². The van der Waals surface area contributed by atoms with E-state index >= 15 is 0 Å². The number of aryl methyl sites for hydroxylation is 1. The summed E-state index contributed by atoms with van der Waals surface area (Å²) in [4.78, 5) is 32.8. The van der Waals surface area contributed by atoms with Crippen molar-refractivity contribution in [2.45, 2.75) is 13.0 Å². The number of aliphatic hydroxyl groups excluding tert-OH is 1. The SMILES string of the molecule is COCCN1C(=O)C(O)=C(C(=O)c2sc(-c3ccccc3)nc2C)C1c1cccc(O)c1. The first-order valence-electron chi connectivity index (χ1n) is 10.0. The van der Waals surface area contributed by atoms with E-state index in [-0.39, 0.29) is 24.5 Å². The second-order valence-electron chi connectivity index (χ2n) is 7.38. The second kappa shape index (κ2) is 8.94. The summed E-state index contributed by atoms with van der Waals surface area (Å²) in [6.45, 7) is 2.14. The van der Waals surface area contributed by atoms with Gasteiger partial charge in [-0.1, -0.05) is 42.5 Å². The summed E-state index contributed by atoms with van der Waals surface area (Å²) < 4.78 is 5.11. The number of ether oxygens (including phenoxy) is 1. The van der Waals surface area contributed by atoms with Crippen LogP contribution in [0.25, 0.3) is 10.6 Å². The number of rotatable bonds is 7. The van der Waals surface area contributed by atoms with E-state index in [1.807, 2.05) is 30.3 Å². The summed E-state index contributed by atoms with van der Waals surface area (Å²) in [7, 11) is 1.51. The van der Waals surface area contributed by atoms with Gasteiger partial charge in [0.2, 0.25) is 5.78 Å². The number of hydrogen-bond donors (Lipinski definition) is 2. The van der Waals surface area contributed by atoms with Gasteiger partial charge in [0.1, 0.15) is 10.8 Å². The van der Waals surface area contributed by atoms with Crippen LogP contribution in [0, 0.1) is 6.92 Å². The number of carbonyl (C=O) groups is 2. The minimum Gasteiger partial charge on any atom is -0.508 e. The van der Waals surface area contributed by atoms with Crippen LogP contribution in [0.15, 0.2) is 65.9 Å². The molecule has 3 aromatic rings. The number of aromatic nitrogens is 1. The predicted molar refractivity (Wildman–Crippen MR) is 121 cm³/mol. The maximum Gasteiger partial charge on any atom is 0.290 e. The molecular formula is C24H22N2O5S. The van der Waals surface area contributed by atoms with Crippen LogP contribution in [0.2, 0.25) is 0 Å². The van der Waals surface area contributed by atoms with Crippen molar-refractivity contribution in [2.75, 3.05) is 20.3 Å². The number of nitrogens with zero attached hydrogens (tertiary/aromatic N) is 2. The second-order valence-corrected chi connectivity index (χ2v) is 8.38. The summed E-state index contributed by atoms with van der Waals surface area (Å²) in [6, 6.07) is 15.0. The molecule has 1 atom stereocenters. The van der Waals surface area contributed by atoms with E-state index in [9.17, 15) is 19.8 Å². The zero-order chi connectivity index (χ0) is 22.8. The summed E-state index contributed by atoms with van der Waals surface area (Å²) in [5.74, 6) is -1.70. The van der Waals surface area contributed by atoms with Crippen LogP contribution in [0.1, 0.15) is 27.0 Å². The molecule has 4 rings (SSSR count). The molecule has 1 aromatic heterocycles. The Bertz CT molecular complexity index is 1200. The Morgan fingerprint density at radius 2 is 1.91 bits per heavy atom. The molecule has 8 heteroatoms. The van der Waals surface area contributed by atoms with Gasteiger partial charge >= 0.3 is 0 Å². The van der Waals surface area contributed by atoms with Crippen molar-refractivity contribution < 1.29 is 24.5 Å². The van der Waals surface area contributed by atoms with Crippen LogP contribution in [-0.2, 0) is 9.53 Å². The number of methoxy groups -OCH3 is 1. The van der Waals surface area contributed by atoms with Gasteiger partial charge in [-0.3, -0.25) is 9.59 Å². The number of phenolic OH excluding ortho intramolecular Hbond substituents is 1. The molecule has 1 aliphatic heterocycles. The lowest BCUT2D eigenvalue weighted by Crippen LogP contribution is -2.34. The maximum atomic E-state index is 13.6. The summed E-state index contributed by atoms with van der Waals surface area (Å²) in [5.41, 5.74) is 1.90. The Kier molecular flexibility index (Phi) is 6.07. The Morgan fingerprint density at radius 3 is 2.59 bits per heavy atom. The highest BCUT2D eigenvalue weighted by molar-refractivity contribution is 7.17. The molecule has 0 fully saturated rings. The van der Waals surface area contributed by atoms with E-state index in [0.717, 1.165) is 5.56 Å². The third kappa shape index (κ3) is 3.90. The first-order chi connectivity index (χ1) is 15.4. The number of aliphatic hydroxyl groups is 1. The molecule has 164 valence electrons. The molecule has 0 radical (unpaired) electrons. The van der Waals surface area contributed by atoms with Gasteiger partial charge in [0.05, 0.1) is 28.8 Å². The van der Waals surface area contributed by atoms with Crippen molar-refractivity contribution >= 4 is 23.0 Å². The summed E-state index contributed by atoms with van der Waals surface area (Å²) >= 11 is 1.22. The fraction of sp³-hybridized carbons (Fsp3) is 0.208. The highest BCUT2D eigenvalue weighted by atomic mass is 32.1. The number of carbonyl (C=O) groups excluding carboxylic acids is 2. The van der Waals surface area contributed by atoms with Gasteiger partial charge in [0.25, 0.3) is 5.91 Å². The number of Topliss-reactive ketones (excluding diaryl/α,β-unsaturated/α-hetero) is 1. The number of hydrogen-bond acceptors (Lipinski definition) is 7. The minimum absolute atomic E-state index is 0.000152. The lowest BCUT2D eigenvalue weighted by molar-refractivity contribution is -0.130. The Balaban J connectivity index is 1.78. The van der Waals surface area contributed by atoms with Crippen LogP contribution in [-0.4, -0.2) is 52.0 Å². The fourth-order valence-electron chi connectivity index (χ4n) is 3.78. The monoisotopic (exact) mass is 450 g/mol. The lowest BCUT2D eigenvalue weighted by atomic mass is 9.95. The van der Waals surface area contributed by atoms with Gasteiger partial charge in [-0.05, 0) is 24.6 Å². The highest BCUT2D eigenvalue weighted by Crippen LogP contribution is 2.41. The van der Waals surface area contributed by atoms with E-state index in [0.29, 0.717) is 21.1 Å². The largest absolute Gasteiger partial charge is 0.508 e. The van der Waals surface area contributed by atoms with Crippen molar-refractivity contribution in [1.82, 2.24) is 9.88 Å². The van der Waals surface area contributed by atoms with Crippen LogP contribution in [0.5, 0.6) is 5.75 Å². The van der Waals surface area contributed by atoms with Crippen molar-refractivity contribution in [1.29, 1.82) is 0 Å². The fourth-order valence-corrected chi connectivity index (χ4v) is 4.81. The molecule has 1 aliphatic rings. The minimum atomic E-state index is -0.848. The molecule has 2 heterocycles. The number of ketones is 1. The average Bonchev–Trinajstić information content (AvgIpc) is 3.30. The standard InChI is InChI=1S/C24H22N2O5S/c1-14-22(32-23(25-14)15-7-4-3-5-8-15)20(28)18-19(16-9-6-10-17(27)13-16)26(11-12-31-2)24(30)21(18)29/h3-10,13,19,27,29H,11-12H2,1-2H3. The van der Waals surface area contributed by atoms with Gasteiger partial charge in [-0.25, -0.2) is 4.98 Å².